The van der Waals surface area contributed by atoms with Crippen LogP contribution < -0.4 is 0 Å². The number of carbonyl (C=O) groups excluding carboxylic acids is 1. The molecule has 2 aromatic rings. The van der Waals surface area contributed by atoms with Gasteiger partial charge in [0.15, 0.2) is 5.78 Å². The van der Waals surface area contributed by atoms with Crippen LogP contribution >= 0.6 is 0 Å². The number of phenolic OH excluding ortho intramolecular Hbond substituents is 1. The molecule has 1 aliphatic heterocycles. The maximum atomic E-state index is 13.4. The molecule has 0 amide bonds. The first-order chi connectivity index (χ1) is 15.1. The van der Waals surface area contributed by atoms with Crippen LogP contribution in [0, 0.1) is 12.3 Å². The molecule has 0 radical (unpaired) electrons. The van der Waals surface area contributed by atoms with Gasteiger partial charge in [0.25, 0.3) is 0 Å². The maximum absolute atomic E-state index is 13.4. The summed E-state index contributed by atoms with van der Waals surface area (Å²) in [5, 5.41) is 19.6. The molecule has 178 valence electrons. The molecular formula is C27H37N3O3. The van der Waals surface area contributed by atoms with Crippen molar-refractivity contribution in [2.75, 3.05) is 13.7 Å². The van der Waals surface area contributed by atoms with E-state index in [1.54, 1.807) is 24.1 Å². The first-order valence-corrected chi connectivity index (χ1v) is 11.4. The quantitative estimate of drug-likeness (QED) is 0.593. The van der Waals surface area contributed by atoms with Crippen molar-refractivity contribution in [3.8, 4) is 5.75 Å². The van der Waals surface area contributed by atoms with E-state index in [2.05, 4.69) is 4.98 Å². The molecule has 0 saturated heterocycles. The summed E-state index contributed by atoms with van der Waals surface area (Å²) in [6.45, 7) is 16.6. The molecule has 0 fully saturated rings. The van der Waals surface area contributed by atoms with Crippen molar-refractivity contribution in [3.63, 3.8) is 0 Å². The van der Waals surface area contributed by atoms with Crippen LogP contribution in [0.3, 0.4) is 0 Å². The zero-order valence-corrected chi connectivity index (χ0v) is 21.4. The van der Waals surface area contributed by atoms with Crippen molar-refractivity contribution >= 4 is 11.6 Å². The standard InChI is InChI=1S/C27H37N3O3/c1-15-19(16(2)33-9)10-18-13-30(25(28)23(18)29-15)14-22(31)17-11-20(26(3,4)5)24(32)21(12-17)27(6,7)8/h10-12,16,28,32H,13-14H2,1-9H3. The lowest BCUT2D eigenvalue weighted by Crippen LogP contribution is -2.31. The van der Waals surface area contributed by atoms with Gasteiger partial charge in [-0.1, -0.05) is 41.5 Å². The fourth-order valence-electron chi connectivity index (χ4n) is 4.30. The van der Waals surface area contributed by atoms with Gasteiger partial charge in [0, 0.05) is 47.2 Å². The third kappa shape index (κ3) is 4.81. The molecule has 3 rings (SSSR count). The first kappa shape index (κ1) is 24.9. The van der Waals surface area contributed by atoms with E-state index in [4.69, 9.17) is 10.1 Å². The van der Waals surface area contributed by atoms with E-state index < -0.39 is 0 Å². The molecule has 6 heteroatoms. The van der Waals surface area contributed by atoms with Gasteiger partial charge in [-0.15, -0.1) is 0 Å². The normalized spacial score (nSPS) is 15.1. The minimum absolute atomic E-state index is 0.0780. The van der Waals surface area contributed by atoms with Crippen molar-refractivity contribution < 1.29 is 14.6 Å². The van der Waals surface area contributed by atoms with Gasteiger partial charge < -0.3 is 14.7 Å². The molecule has 1 unspecified atom stereocenters. The van der Waals surface area contributed by atoms with Gasteiger partial charge in [-0.25, -0.2) is 4.98 Å². The number of benzene rings is 1. The zero-order valence-electron chi connectivity index (χ0n) is 21.4. The molecule has 6 nitrogen and oxygen atoms in total. The molecule has 2 N–H and O–H groups in total. The van der Waals surface area contributed by atoms with Crippen molar-refractivity contribution in [1.29, 1.82) is 5.41 Å². The second-order valence-corrected chi connectivity index (χ2v) is 11.1. The Morgan fingerprint density at radius 3 is 2.18 bits per heavy atom. The smallest absolute Gasteiger partial charge is 0.182 e. The minimum atomic E-state index is -0.313. The lowest BCUT2D eigenvalue weighted by molar-refractivity contribution is 0.0962. The van der Waals surface area contributed by atoms with Crippen LogP contribution in [0.2, 0.25) is 0 Å². The topological polar surface area (TPSA) is 86.5 Å². The number of aromatic nitrogens is 1. The molecule has 1 aliphatic rings. The molecule has 0 spiro atoms. The number of ether oxygens (including phenoxy) is 1. The molecule has 2 heterocycles. The second-order valence-electron chi connectivity index (χ2n) is 11.1. The van der Waals surface area contributed by atoms with Crippen molar-refractivity contribution in [2.45, 2.75) is 78.9 Å². The van der Waals surface area contributed by atoms with Crippen LogP contribution in [-0.2, 0) is 22.1 Å². The van der Waals surface area contributed by atoms with E-state index in [0.29, 0.717) is 17.8 Å². The van der Waals surface area contributed by atoms with Crippen LogP contribution in [0.25, 0.3) is 0 Å². The molecule has 0 aliphatic carbocycles. The highest BCUT2D eigenvalue weighted by Crippen LogP contribution is 2.40. The lowest BCUT2D eigenvalue weighted by Gasteiger charge is -2.28. The summed E-state index contributed by atoms with van der Waals surface area (Å²) in [7, 11) is 1.67. The summed E-state index contributed by atoms with van der Waals surface area (Å²) < 4.78 is 5.46. The molecule has 1 aromatic carbocycles. The number of fused-ring (bicyclic) bond motifs is 1. The van der Waals surface area contributed by atoms with E-state index in [-0.39, 0.29) is 40.8 Å². The SMILES string of the molecule is COC(C)c1cc2c(nc1C)C(=N)N(CC(=O)c1cc(C(C)(C)C)c(O)c(C(C)(C)C)c1)C2. The summed E-state index contributed by atoms with van der Waals surface area (Å²) in [6, 6.07) is 5.65. The third-order valence-corrected chi connectivity index (χ3v) is 6.41. The number of ketones is 1. The van der Waals surface area contributed by atoms with E-state index in [1.807, 2.05) is 61.5 Å². The van der Waals surface area contributed by atoms with Gasteiger partial charge in [0.2, 0.25) is 0 Å². The van der Waals surface area contributed by atoms with E-state index in [1.165, 1.54) is 0 Å². The highest BCUT2D eigenvalue weighted by Gasteiger charge is 2.31. The van der Waals surface area contributed by atoms with Gasteiger partial charge >= 0.3 is 0 Å². The minimum Gasteiger partial charge on any atom is -0.507 e. The lowest BCUT2D eigenvalue weighted by atomic mass is 9.78. The number of amidine groups is 1. The van der Waals surface area contributed by atoms with Gasteiger partial charge in [-0.05, 0) is 42.9 Å². The Hall–Kier alpha value is -2.73. The predicted octanol–water partition coefficient (Wildman–Crippen LogP) is 5.42. The number of rotatable bonds is 5. The van der Waals surface area contributed by atoms with Crippen molar-refractivity contribution in [2.24, 2.45) is 0 Å². The number of pyridine rings is 1. The van der Waals surface area contributed by atoms with Crippen molar-refractivity contribution in [3.05, 3.63) is 57.4 Å². The van der Waals surface area contributed by atoms with Gasteiger partial charge in [-0.3, -0.25) is 10.2 Å². The number of methoxy groups -OCH3 is 1. The molecule has 1 atom stereocenters. The Labute approximate surface area is 197 Å². The largest absolute Gasteiger partial charge is 0.507 e. The van der Waals surface area contributed by atoms with Gasteiger partial charge in [0.05, 0.1) is 12.6 Å². The van der Waals surface area contributed by atoms with Gasteiger partial charge in [-0.2, -0.15) is 0 Å². The first-order valence-electron chi connectivity index (χ1n) is 11.4. The van der Waals surface area contributed by atoms with Crippen molar-refractivity contribution in [1.82, 2.24) is 9.88 Å². The summed E-state index contributed by atoms with van der Waals surface area (Å²) in [6.07, 6.45) is -0.0868. The Balaban J connectivity index is 1.94. The average molecular weight is 452 g/mol. The highest BCUT2D eigenvalue weighted by atomic mass is 16.5. The summed E-state index contributed by atoms with van der Waals surface area (Å²) in [5.41, 5.74) is 4.85. The fraction of sp³-hybridized carbons (Fsp3) is 0.519. The second kappa shape index (κ2) is 8.56. The number of hydrogen-bond acceptors (Lipinski definition) is 5. The number of aryl methyl sites for hydroxylation is 1. The van der Waals surface area contributed by atoms with Crippen LogP contribution in [0.4, 0.5) is 0 Å². The Morgan fingerprint density at radius 1 is 1.15 bits per heavy atom. The van der Waals surface area contributed by atoms with Gasteiger partial charge in [0.1, 0.15) is 17.3 Å². The number of hydrogen-bond donors (Lipinski definition) is 2. The number of Topliss-reactive ketones (excluding diaryl/α,β-unsaturated/α-hetero) is 1. The predicted molar refractivity (Wildman–Crippen MR) is 131 cm³/mol. The number of nitrogens with zero attached hydrogens (tertiary/aromatic N) is 2. The summed E-state index contributed by atoms with van der Waals surface area (Å²) in [5.74, 6) is 0.446. The zero-order chi connectivity index (χ0) is 24.9. The maximum Gasteiger partial charge on any atom is 0.182 e. The van der Waals surface area contributed by atoms with E-state index in [0.717, 1.165) is 27.9 Å². The molecule has 33 heavy (non-hydrogen) atoms. The summed E-state index contributed by atoms with van der Waals surface area (Å²) in [4.78, 5) is 19.8. The van der Waals surface area contributed by atoms with Crippen LogP contribution in [0.1, 0.15) is 98.6 Å². The van der Waals surface area contributed by atoms with E-state index >= 15 is 0 Å². The Kier molecular flexibility index (Phi) is 6.46. The molecule has 1 aromatic heterocycles. The fourth-order valence-corrected chi connectivity index (χ4v) is 4.30. The highest BCUT2D eigenvalue weighted by molar-refractivity contribution is 6.04. The van der Waals surface area contributed by atoms with Crippen LogP contribution in [-0.4, -0.2) is 40.3 Å². The van der Waals surface area contributed by atoms with E-state index in [9.17, 15) is 9.90 Å². The third-order valence-electron chi connectivity index (χ3n) is 6.41. The molecule has 0 saturated carbocycles. The molecule has 0 bridgehead atoms. The number of aromatic hydroxyl groups is 1. The molecular weight excluding hydrogens is 414 g/mol. The number of carbonyl (C=O) groups is 1. The Morgan fingerprint density at radius 2 is 1.70 bits per heavy atom. The van der Waals surface area contributed by atoms with Crippen LogP contribution in [0.5, 0.6) is 5.75 Å². The average Bonchev–Trinajstić information content (AvgIpc) is 2.99. The monoisotopic (exact) mass is 451 g/mol. The van der Waals surface area contributed by atoms with Crippen LogP contribution in [0.15, 0.2) is 18.2 Å². The number of phenols is 1. The Bertz CT molecular complexity index is 1070. The summed E-state index contributed by atoms with van der Waals surface area (Å²) >= 11 is 0. The number of nitrogens with one attached hydrogen (secondary N) is 1.